The van der Waals surface area contributed by atoms with Gasteiger partial charge < -0.3 is 20.5 Å². The summed E-state index contributed by atoms with van der Waals surface area (Å²) < 4.78 is 11.4. The highest BCUT2D eigenvalue weighted by atomic mass is 35.5. The van der Waals surface area contributed by atoms with Crippen molar-refractivity contribution in [1.82, 2.24) is 15.1 Å². The number of carbonyl (C=O) groups excluding carboxylic acids is 2. The molecule has 0 aliphatic rings. The molecule has 8 nitrogen and oxygen atoms in total. The van der Waals surface area contributed by atoms with Gasteiger partial charge >= 0.3 is 12.1 Å². The monoisotopic (exact) mass is 368 g/mol. The number of nitrogens with two attached hydrogens (primary N) is 1. The predicted molar refractivity (Wildman–Crippen MR) is 94.7 cm³/mol. The van der Waals surface area contributed by atoms with Crippen LogP contribution in [0.2, 0.25) is 5.02 Å². The Morgan fingerprint density at radius 1 is 1.36 bits per heavy atom. The molecule has 0 atom stereocenters. The zero-order chi connectivity index (χ0) is 18.8. The maximum Gasteiger partial charge on any atom is 0.407 e. The first kappa shape index (κ1) is 18.9. The number of hydrogen-bond donors (Lipinski definition) is 2. The number of esters is 1. The van der Waals surface area contributed by atoms with Crippen molar-refractivity contribution in [2.24, 2.45) is 0 Å². The third-order valence-electron chi connectivity index (χ3n) is 3.25. The summed E-state index contributed by atoms with van der Waals surface area (Å²) in [4.78, 5) is 23.6. The minimum atomic E-state index is -0.585. The fraction of sp³-hybridized carbons (Fsp3) is 0.438. The molecule has 0 fully saturated rings. The van der Waals surface area contributed by atoms with Gasteiger partial charge in [0.2, 0.25) is 0 Å². The van der Waals surface area contributed by atoms with Crippen LogP contribution in [0.4, 0.5) is 10.5 Å². The van der Waals surface area contributed by atoms with Crippen LogP contribution < -0.4 is 11.1 Å². The number of aromatic nitrogens is 2. The number of anilines is 1. The molecule has 2 rings (SSSR count). The van der Waals surface area contributed by atoms with E-state index < -0.39 is 17.7 Å². The van der Waals surface area contributed by atoms with Gasteiger partial charge in [0.25, 0.3) is 0 Å². The number of nitrogens with zero attached hydrogens (tertiary/aromatic N) is 2. The smallest absolute Gasteiger partial charge is 0.407 e. The molecule has 0 radical (unpaired) electrons. The molecule has 1 amide bonds. The molecule has 9 heteroatoms. The normalized spacial score (nSPS) is 11.4. The molecule has 0 spiro atoms. The molecule has 3 N–H and O–H groups in total. The fourth-order valence-electron chi connectivity index (χ4n) is 2.24. The summed E-state index contributed by atoms with van der Waals surface area (Å²) in [6.45, 7) is 5.84. The van der Waals surface area contributed by atoms with Gasteiger partial charge in [-0.1, -0.05) is 11.6 Å². The summed E-state index contributed by atoms with van der Waals surface area (Å²) >= 11 is 6.27. The highest BCUT2D eigenvalue weighted by Crippen LogP contribution is 2.31. The molecule has 1 heterocycles. The Balaban J connectivity index is 2.24. The van der Waals surface area contributed by atoms with Gasteiger partial charge in [0, 0.05) is 11.9 Å². The van der Waals surface area contributed by atoms with E-state index in [1.54, 1.807) is 32.9 Å². The first-order valence-corrected chi connectivity index (χ1v) is 8.01. The van der Waals surface area contributed by atoms with Gasteiger partial charge in [-0.15, -0.1) is 0 Å². The Bertz CT molecular complexity index is 811. The van der Waals surface area contributed by atoms with Gasteiger partial charge in [-0.2, -0.15) is 5.10 Å². The zero-order valence-corrected chi connectivity index (χ0v) is 15.3. The van der Waals surface area contributed by atoms with Crippen LogP contribution in [0.15, 0.2) is 12.1 Å². The Hall–Kier alpha value is -2.48. The van der Waals surface area contributed by atoms with E-state index in [1.165, 1.54) is 11.8 Å². The van der Waals surface area contributed by atoms with E-state index in [0.717, 1.165) is 0 Å². The molecular formula is C16H21ClN4O4. The van der Waals surface area contributed by atoms with Crippen molar-refractivity contribution in [3.63, 3.8) is 0 Å². The van der Waals surface area contributed by atoms with E-state index in [0.29, 0.717) is 16.6 Å². The van der Waals surface area contributed by atoms with Crippen molar-refractivity contribution in [3.05, 3.63) is 22.8 Å². The lowest BCUT2D eigenvalue weighted by molar-refractivity contribution is 0.0523. The van der Waals surface area contributed by atoms with Crippen LogP contribution in [-0.2, 0) is 16.0 Å². The van der Waals surface area contributed by atoms with E-state index in [1.807, 2.05) is 0 Å². The highest BCUT2D eigenvalue weighted by molar-refractivity contribution is 6.38. The number of hydrogen-bond acceptors (Lipinski definition) is 6. The summed E-state index contributed by atoms with van der Waals surface area (Å²) in [5.41, 5.74) is 6.27. The maximum absolute atomic E-state index is 11.9. The summed E-state index contributed by atoms with van der Waals surface area (Å²) in [5.74, 6) is -0.579. The first-order chi connectivity index (χ1) is 11.6. The maximum atomic E-state index is 11.9. The summed E-state index contributed by atoms with van der Waals surface area (Å²) in [6.07, 6.45) is -0.539. The molecular weight excluding hydrogens is 348 g/mol. The molecule has 0 aliphatic carbocycles. The number of ether oxygens (including phenoxy) is 2. The minimum absolute atomic E-state index is 0.136. The quantitative estimate of drug-likeness (QED) is 0.634. The molecule has 1 aromatic carbocycles. The average Bonchev–Trinajstić information content (AvgIpc) is 2.88. The number of fused-ring (bicyclic) bond motifs is 1. The molecule has 0 aliphatic heterocycles. The number of amides is 1. The third kappa shape index (κ3) is 4.33. The number of methoxy groups -OCH3 is 1. The number of carbonyl (C=O) groups is 2. The SMILES string of the molecule is COC(=O)c1nn(CCNC(=O)OC(C)(C)C)c2c(Cl)c(N)ccc12. The number of alkyl carbamates (subject to hydrolysis) is 1. The largest absolute Gasteiger partial charge is 0.464 e. The van der Waals surface area contributed by atoms with Crippen molar-refractivity contribution in [3.8, 4) is 0 Å². The van der Waals surface area contributed by atoms with Crippen LogP contribution in [0.5, 0.6) is 0 Å². The molecule has 1 aromatic heterocycles. The van der Waals surface area contributed by atoms with Crippen LogP contribution in [-0.4, -0.2) is 41.1 Å². The Morgan fingerprint density at radius 3 is 2.64 bits per heavy atom. The second-order valence-electron chi connectivity index (χ2n) is 6.36. The summed E-state index contributed by atoms with van der Waals surface area (Å²) in [6, 6.07) is 3.26. The Labute approximate surface area is 150 Å². The van der Waals surface area contributed by atoms with E-state index in [9.17, 15) is 9.59 Å². The van der Waals surface area contributed by atoms with Gasteiger partial charge in [-0.3, -0.25) is 4.68 Å². The first-order valence-electron chi connectivity index (χ1n) is 7.63. The van der Waals surface area contributed by atoms with Crippen LogP contribution in [0.25, 0.3) is 10.9 Å². The lowest BCUT2D eigenvalue weighted by Gasteiger charge is -2.19. The van der Waals surface area contributed by atoms with E-state index in [4.69, 9.17) is 26.8 Å². The van der Waals surface area contributed by atoms with Gasteiger partial charge in [-0.25, -0.2) is 9.59 Å². The average molecular weight is 369 g/mol. The van der Waals surface area contributed by atoms with Crippen molar-refractivity contribution in [2.45, 2.75) is 32.9 Å². The fourth-order valence-corrected chi connectivity index (χ4v) is 2.50. The van der Waals surface area contributed by atoms with E-state index in [-0.39, 0.29) is 23.8 Å². The second-order valence-corrected chi connectivity index (χ2v) is 6.73. The molecule has 25 heavy (non-hydrogen) atoms. The molecule has 0 saturated carbocycles. The van der Waals surface area contributed by atoms with Crippen molar-refractivity contribution in [2.75, 3.05) is 19.4 Å². The number of benzene rings is 1. The van der Waals surface area contributed by atoms with Crippen LogP contribution in [0, 0.1) is 0 Å². The summed E-state index contributed by atoms with van der Waals surface area (Å²) in [7, 11) is 1.27. The standard InChI is InChI=1S/C16H21ClN4O4/c1-16(2,3)25-15(23)19-7-8-21-13-9(5-6-10(18)11(13)17)12(20-21)14(22)24-4/h5-6H,7-8,18H2,1-4H3,(H,19,23). The van der Waals surface area contributed by atoms with Crippen LogP contribution >= 0.6 is 11.6 Å². The molecule has 136 valence electrons. The van der Waals surface area contributed by atoms with Crippen molar-refractivity contribution >= 4 is 40.3 Å². The number of nitrogens with one attached hydrogen (secondary N) is 1. The highest BCUT2D eigenvalue weighted by Gasteiger charge is 2.21. The van der Waals surface area contributed by atoms with E-state index >= 15 is 0 Å². The molecule has 0 unspecified atom stereocenters. The van der Waals surface area contributed by atoms with Gasteiger partial charge in [0.1, 0.15) is 5.60 Å². The lowest BCUT2D eigenvalue weighted by atomic mass is 10.2. The van der Waals surface area contributed by atoms with Crippen molar-refractivity contribution in [1.29, 1.82) is 0 Å². The molecule has 2 aromatic rings. The van der Waals surface area contributed by atoms with Gasteiger partial charge in [0.05, 0.1) is 29.9 Å². The number of nitrogen functional groups attached to an aromatic ring is 1. The van der Waals surface area contributed by atoms with Crippen LogP contribution in [0.3, 0.4) is 0 Å². The zero-order valence-electron chi connectivity index (χ0n) is 14.6. The van der Waals surface area contributed by atoms with Crippen LogP contribution in [0.1, 0.15) is 31.3 Å². The topological polar surface area (TPSA) is 108 Å². The van der Waals surface area contributed by atoms with Gasteiger partial charge in [0.15, 0.2) is 5.69 Å². The Kier molecular flexibility index (Phi) is 5.42. The number of rotatable bonds is 4. The molecule has 0 saturated heterocycles. The van der Waals surface area contributed by atoms with E-state index in [2.05, 4.69) is 10.4 Å². The summed E-state index contributed by atoms with van der Waals surface area (Å²) in [5, 5.41) is 7.69. The second kappa shape index (κ2) is 7.18. The Morgan fingerprint density at radius 2 is 2.04 bits per heavy atom. The lowest BCUT2D eigenvalue weighted by Crippen LogP contribution is -2.34. The van der Waals surface area contributed by atoms with Crippen molar-refractivity contribution < 1.29 is 19.1 Å². The predicted octanol–water partition coefficient (Wildman–Crippen LogP) is 2.58. The minimum Gasteiger partial charge on any atom is -0.464 e. The third-order valence-corrected chi connectivity index (χ3v) is 3.65. The number of halogens is 1. The molecule has 0 bridgehead atoms. The van der Waals surface area contributed by atoms with Gasteiger partial charge in [-0.05, 0) is 32.9 Å².